The number of benzene rings is 1. The number of ether oxygens (including phenoxy) is 1. The van der Waals surface area contributed by atoms with Gasteiger partial charge in [0.15, 0.2) is 9.84 Å². The summed E-state index contributed by atoms with van der Waals surface area (Å²) in [6, 6.07) is 7.46. The van der Waals surface area contributed by atoms with E-state index in [9.17, 15) is 8.42 Å². The normalized spacial score (nSPS) is 25.1. The molecule has 1 saturated heterocycles. The molecule has 4 nitrogen and oxygen atoms in total. The van der Waals surface area contributed by atoms with E-state index in [1.807, 2.05) is 12.1 Å². The first-order valence-corrected chi connectivity index (χ1v) is 9.57. The third-order valence-electron chi connectivity index (χ3n) is 4.66. The molecule has 1 aliphatic carbocycles. The molecule has 1 saturated carbocycles. The van der Waals surface area contributed by atoms with Crippen molar-refractivity contribution in [1.29, 1.82) is 0 Å². The lowest BCUT2D eigenvalue weighted by Gasteiger charge is -2.39. The van der Waals surface area contributed by atoms with E-state index < -0.39 is 9.84 Å². The maximum Gasteiger partial charge on any atom is 0.175 e. The predicted octanol–water partition coefficient (Wildman–Crippen LogP) is 2.99. The molecule has 2 aliphatic rings. The number of hydrogen-bond donors (Lipinski definition) is 1. The van der Waals surface area contributed by atoms with Crippen molar-refractivity contribution in [2.45, 2.75) is 55.1 Å². The van der Waals surface area contributed by atoms with Crippen LogP contribution in [0.3, 0.4) is 0 Å². The number of anilines is 1. The van der Waals surface area contributed by atoms with Gasteiger partial charge in [0, 0.05) is 24.6 Å². The second-order valence-electron chi connectivity index (χ2n) is 6.37. The maximum atomic E-state index is 11.5. The van der Waals surface area contributed by atoms with E-state index in [-0.39, 0.29) is 5.60 Å². The number of nitrogens with one attached hydrogen (secondary N) is 1. The van der Waals surface area contributed by atoms with Gasteiger partial charge in [-0.3, -0.25) is 0 Å². The van der Waals surface area contributed by atoms with E-state index in [0.29, 0.717) is 10.9 Å². The molecule has 1 aromatic rings. The van der Waals surface area contributed by atoms with Crippen molar-refractivity contribution >= 4 is 15.5 Å². The highest BCUT2D eigenvalue weighted by atomic mass is 32.2. The highest BCUT2D eigenvalue weighted by molar-refractivity contribution is 7.90. The minimum atomic E-state index is -3.12. The Morgan fingerprint density at radius 1 is 1.19 bits per heavy atom. The van der Waals surface area contributed by atoms with Gasteiger partial charge >= 0.3 is 0 Å². The molecule has 0 aromatic heterocycles. The van der Waals surface area contributed by atoms with Crippen molar-refractivity contribution in [3.8, 4) is 0 Å². The fourth-order valence-electron chi connectivity index (χ4n) is 3.55. The summed E-state index contributed by atoms with van der Waals surface area (Å²) >= 11 is 0. The summed E-state index contributed by atoms with van der Waals surface area (Å²) in [4.78, 5) is 0.368. The Balaban J connectivity index is 1.66. The van der Waals surface area contributed by atoms with Gasteiger partial charge in [-0.2, -0.15) is 0 Å². The molecule has 0 radical (unpaired) electrons. The van der Waals surface area contributed by atoms with Crippen molar-refractivity contribution < 1.29 is 13.2 Å². The van der Waals surface area contributed by atoms with Crippen LogP contribution in [0.25, 0.3) is 0 Å². The van der Waals surface area contributed by atoms with Gasteiger partial charge in [0.05, 0.1) is 10.5 Å². The quantitative estimate of drug-likeness (QED) is 0.932. The van der Waals surface area contributed by atoms with Crippen LogP contribution in [-0.4, -0.2) is 32.9 Å². The summed E-state index contributed by atoms with van der Waals surface area (Å²) in [6.07, 6.45) is 8.20. The fraction of sp³-hybridized carbons (Fsp3) is 0.625. The van der Waals surface area contributed by atoms with E-state index in [4.69, 9.17) is 4.74 Å². The molecule has 1 aromatic carbocycles. The van der Waals surface area contributed by atoms with Crippen molar-refractivity contribution in [2.75, 3.05) is 18.2 Å². The van der Waals surface area contributed by atoms with E-state index >= 15 is 0 Å². The van der Waals surface area contributed by atoms with Crippen LogP contribution in [0.15, 0.2) is 29.2 Å². The molecule has 5 heteroatoms. The zero-order valence-electron chi connectivity index (χ0n) is 12.5. The lowest BCUT2D eigenvalue weighted by atomic mass is 9.89. The molecular formula is C16H23NO3S. The summed E-state index contributed by atoms with van der Waals surface area (Å²) in [5.74, 6) is 0. The van der Waals surface area contributed by atoms with Gasteiger partial charge in [0.1, 0.15) is 0 Å². The highest BCUT2D eigenvalue weighted by Gasteiger charge is 2.39. The molecule has 21 heavy (non-hydrogen) atoms. The molecule has 1 aliphatic heterocycles. The first kappa shape index (κ1) is 14.9. The van der Waals surface area contributed by atoms with Crippen LogP contribution in [0.2, 0.25) is 0 Å². The lowest BCUT2D eigenvalue weighted by molar-refractivity contribution is -0.0767. The Hall–Kier alpha value is -1.07. The highest BCUT2D eigenvalue weighted by Crippen LogP contribution is 2.40. The van der Waals surface area contributed by atoms with Crippen molar-refractivity contribution in [3.05, 3.63) is 24.3 Å². The molecule has 3 rings (SSSR count). The van der Waals surface area contributed by atoms with Gasteiger partial charge in [-0.15, -0.1) is 0 Å². The minimum absolute atomic E-state index is 0.0998. The largest absolute Gasteiger partial charge is 0.382 e. The monoisotopic (exact) mass is 309 g/mol. The SMILES string of the molecule is CS(=O)(=O)c1ccc(NC2CCOC3(CCCC3)C2)cc1. The van der Waals surface area contributed by atoms with Crippen LogP contribution in [0, 0.1) is 0 Å². The van der Waals surface area contributed by atoms with Gasteiger partial charge in [-0.25, -0.2) is 8.42 Å². The van der Waals surface area contributed by atoms with Gasteiger partial charge in [0.2, 0.25) is 0 Å². The number of hydrogen-bond acceptors (Lipinski definition) is 4. The number of sulfone groups is 1. The Morgan fingerprint density at radius 3 is 2.48 bits per heavy atom. The Kier molecular flexibility index (Phi) is 3.97. The summed E-state index contributed by atoms with van der Waals surface area (Å²) in [7, 11) is -3.12. The standard InChI is InChI=1S/C16H23NO3S/c1-21(18,19)15-6-4-13(5-7-15)17-14-8-11-20-16(12-14)9-2-3-10-16/h4-7,14,17H,2-3,8-12H2,1H3. The number of rotatable bonds is 3. The van der Waals surface area contributed by atoms with Crippen LogP contribution in [0.5, 0.6) is 0 Å². The van der Waals surface area contributed by atoms with Crippen LogP contribution in [-0.2, 0) is 14.6 Å². The topological polar surface area (TPSA) is 55.4 Å². The predicted molar refractivity (Wildman–Crippen MR) is 83.3 cm³/mol. The molecule has 1 atom stereocenters. The molecule has 1 N–H and O–H groups in total. The average Bonchev–Trinajstić information content (AvgIpc) is 2.86. The van der Waals surface area contributed by atoms with Crippen molar-refractivity contribution in [3.63, 3.8) is 0 Å². The lowest BCUT2D eigenvalue weighted by Crippen LogP contribution is -2.42. The average molecular weight is 309 g/mol. The smallest absolute Gasteiger partial charge is 0.175 e. The van der Waals surface area contributed by atoms with Crippen LogP contribution >= 0.6 is 0 Å². The molecule has 2 fully saturated rings. The van der Waals surface area contributed by atoms with Crippen molar-refractivity contribution in [1.82, 2.24) is 0 Å². The Labute approximate surface area is 126 Å². The molecule has 1 heterocycles. The van der Waals surface area contributed by atoms with Gasteiger partial charge in [0.25, 0.3) is 0 Å². The second-order valence-corrected chi connectivity index (χ2v) is 8.38. The maximum absolute atomic E-state index is 11.5. The summed E-state index contributed by atoms with van der Waals surface area (Å²) < 4.78 is 29.0. The van der Waals surface area contributed by atoms with E-state index in [1.54, 1.807) is 12.1 Å². The Morgan fingerprint density at radius 2 is 1.86 bits per heavy atom. The Bertz CT molecular complexity index is 588. The molecule has 0 amide bonds. The molecule has 0 bridgehead atoms. The van der Waals surface area contributed by atoms with Gasteiger partial charge in [-0.1, -0.05) is 12.8 Å². The molecule has 1 unspecified atom stereocenters. The first-order valence-electron chi connectivity index (χ1n) is 7.68. The summed E-state index contributed by atoms with van der Waals surface area (Å²) in [6.45, 7) is 0.819. The van der Waals surface area contributed by atoms with E-state index in [0.717, 1.165) is 25.1 Å². The zero-order chi connectivity index (χ0) is 14.9. The third kappa shape index (κ3) is 3.40. The second kappa shape index (κ2) is 5.61. The fourth-order valence-corrected chi connectivity index (χ4v) is 4.18. The third-order valence-corrected chi connectivity index (χ3v) is 5.79. The van der Waals surface area contributed by atoms with E-state index in [2.05, 4.69) is 5.32 Å². The van der Waals surface area contributed by atoms with Crippen molar-refractivity contribution in [2.24, 2.45) is 0 Å². The summed E-state index contributed by atoms with van der Waals surface area (Å²) in [5.41, 5.74) is 1.09. The van der Waals surface area contributed by atoms with Crippen LogP contribution in [0.1, 0.15) is 38.5 Å². The first-order chi connectivity index (χ1) is 9.97. The molecule has 116 valence electrons. The molecule has 1 spiro atoms. The summed E-state index contributed by atoms with van der Waals surface area (Å²) in [5, 5.41) is 3.54. The van der Waals surface area contributed by atoms with E-state index in [1.165, 1.54) is 31.9 Å². The molecular weight excluding hydrogens is 286 g/mol. The van der Waals surface area contributed by atoms with Crippen LogP contribution in [0.4, 0.5) is 5.69 Å². The van der Waals surface area contributed by atoms with Crippen LogP contribution < -0.4 is 5.32 Å². The zero-order valence-corrected chi connectivity index (χ0v) is 13.3. The minimum Gasteiger partial charge on any atom is -0.382 e. The van der Waals surface area contributed by atoms with Gasteiger partial charge in [-0.05, 0) is 49.9 Å². The van der Waals surface area contributed by atoms with Gasteiger partial charge < -0.3 is 10.1 Å².